The van der Waals surface area contributed by atoms with E-state index in [1.165, 1.54) is 28.8 Å². The molecule has 2 heterocycles. The zero-order valence-electron chi connectivity index (χ0n) is 18.4. The van der Waals surface area contributed by atoms with Crippen LogP contribution in [0.3, 0.4) is 0 Å². The number of rotatable bonds is 7. The Kier molecular flexibility index (Phi) is 6.92. The van der Waals surface area contributed by atoms with Gasteiger partial charge in [0.1, 0.15) is 11.2 Å². The molecule has 0 fully saturated rings. The Balaban J connectivity index is 1.64. The molecule has 3 aromatic rings. The minimum atomic E-state index is -0.563. The van der Waals surface area contributed by atoms with E-state index in [-0.39, 0.29) is 11.5 Å². The van der Waals surface area contributed by atoms with E-state index in [0.29, 0.717) is 36.5 Å². The molecule has 0 aliphatic carbocycles. The Hall–Kier alpha value is -3.69. The van der Waals surface area contributed by atoms with Gasteiger partial charge in [0.15, 0.2) is 17.3 Å². The number of carbonyl (C=O) groups excluding carboxylic acids is 1. The van der Waals surface area contributed by atoms with Gasteiger partial charge in [0.2, 0.25) is 5.95 Å². The number of halogens is 1. The maximum absolute atomic E-state index is 13.9. The van der Waals surface area contributed by atoms with Crippen molar-refractivity contribution in [1.82, 2.24) is 19.9 Å². The largest absolute Gasteiger partial charge is 0.448 e. The number of benzene rings is 1. The van der Waals surface area contributed by atoms with Crippen molar-refractivity contribution in [2.75, 3.05) is 18.4 Å². The Morgan fingerprint density at radius 2 is 1.94 bits per heavy atom. The number of ether oxygens (including phenoxy) is 2. The van der Waals surface area contributed by atoms with Gasteiger partial charge >= 0.3 is 6.09 Å². The summed E-state index contributed by atoms with van der Waals surface area (Å²) in [7, 11) is 1.56. The molecule has 170 valence electrons. The van der Waals surface area contributed by atoms with Crippen LogP contribution in [0, 0.1) is 5.82 Å². The number of nitrogens with zero attached hydrogens (tertiary/aromatic N) is 3. The van der Waals surface area contributed by atoms with E-state index in [1.807, 2.05) is 0 Å². The Morgan fingerprint density at radius 1 is 1.19 bits per heavy atom. The lowest BCUT2D eigenvalue weighted by Crippen LogP contribution is -2.33. The fourth-order valence-corrected chi connectivity index (χ4v) is 2.81. The van der Waals surface area contributed by atoms with Crippen LogP contribution in [0.5, 0.6) is 11.5 Å². The van der Waals surface area contributed by atoms with E-state index >= 15 is 0 Å². The standard InChI is InChI=1S/C22H26FN5O4/c1-22(2,3)32-21(30)25-11-7-10-24-20-26-13-14-12-17(19(29)28(4)18(14)27-20)31-16-9-6-5-8-15(16)23/h5-6,8-9,12-13H,7,10-11H2,1-4H3,(H,25,30)(H,24,26,27). The van der Waals surface area contributed by atoms with E-state index in [9.17, 15) is 14.0 Å². The van der Waals surface area contributed by atoms with E-state index < -0.39 is 23.1 Å². The summed E-state index contributed by atoms with van der Waals surface area (Å²) in [4.78, 5) is 32.9. The molecule has 0 aliphatic heterocycles. The predicted octanol–water partition coefficient (Wildman–Crippen LogP) is 3.59. The van der Waals surface area contributed by atoms with Crippen molar-refractivity contribution in [2.45, 2.75) is 32.8 Å². The SMILES string of the molecule is Cn1c(=O)c(Oc2ccccc2F)cc2cnc(NCCCNC(=O)OC(C)(C)C)nc21. The molecule has 9 nitrogen and oxygen atoms in total. The number of alkyl carbamates (subject to hydrolysis) is 1. The molecule has 0 spiro atoms. The number of fused-ring (bicyclic) bond motifs is 1. The molecule has 2 N–H and O–H groups in total. The average molecular weight is 443 g/mol. The Bertz CT molecular complexity index is 1170. The van der Waals surface area contributed by atoms with Crippen molar-refractivity contribution < 1.29 is 18.7 Å². The van der Waals surface area contributed by atoms with Gasteiger partial charge in [-0.2, -0.15) is 4.98 Å². The number of nitrogens with one attached hydrogen (secondary N) is 2. The van der Waals surface area contributed by atoms with Crippen molar-refractivity contribution in [3.8, 4) is 11.5 Å². The van der Waals surface area contributed by atoms with Gasteiger partial charge in [0.05, 0.1) is 0 Å². The Morgan fingerprint density at radius 3 is 2.66 bits per heavy atom. The van der Waals surface area contributed by atoms with Crippen LogP contribution in [0.4, 0.5) is 15.1 Å². The summed E-state index contributed by atoms with van der Waals surface area (Å²) >= 11 is 0. The number of hydrogen-bond donors (Lipinski definition) is 2. The smallest absolute Gasteiger partial charge is 0.407 e. The number of aromatic nitrogens is 3. The summed E-state index contributed by atoms with van der Waals surface area (Å²) in [6.45, 7) is 6.32. The monoisotopic (exact) mass is 443 g/mol. The number of pyridine rings is 1. The van der Waals surface area contributed by atoms with Gasteiger partial charge < -0.3 is 20.1 Å². The molecule has 0 bridgehead atoms. The first-order chi connectivity index (χ1) is 15.1. The van der Waals surface area contributed by atoms with Crippen LogP contribution in [0.1, 0.15) is 27.2 Å². The first-order valence-corrected chi connectivity index (χ1v) is 10.1. The number of hydrogen-bond acceptors (Lipinski definition) is 7. The van der Waals surface area contributed by atoms with Gasteiger partial charge in [-0.3, -0.25) is 9.36 Å². The first kappa shape index (κ1) is 23.0. The van der Waals surface area contributed by atoms with Crippen LogP contribution in [0.15, 0.2) is 41.3 Å². The highest BCUT2D eigenvalue weighted by Gasteiger charge is 2.15. The summed E-state index contributed by atoms with van der Waals surface area (Å²) in [5.74, 6) is -0.287. The molecule has 32 heavy (non-hydrogen) atoms. The quantitative estimate of drug-likeness (QED) is 0.538. The van der Waals surface area contributed by atoms with Crippen LogP contribution in [-0.4, -0.2) is 39.3 Å². The lowest BCUT2D eigenvalue weighted by Gasteiger charge is -2.19. The summed E-state index contributed by atoms with van der Waals surface area (Å²) in [5, 5.41) is 6.30. The first-order valence-electron chi connectivity index (χ1n) is 10.1. The summed E-state index contributed by atoms with van der Waals surface area (Å²) < 4.78 is 25.8. The van der Waals surface area contributed by atoms with Gasteiger partial charge in [-0.25, -0.2) is 14.2 Å². The minimum absolute atomic E-state index is 0.0253. The number of carbonyl (C=O) groups is 1. The second-order valence-electron chi connectivity index (χ2n) is 8.09. The predicted molar refractivity (Wildman–Crippen MR) is 119 cm³/mol. The molecular formula is C22H26FN5O4. The number of aryl methyl sites for hydroxylation is 1. The molecule has 0 saturated heterocycles. The molecule has 1 aromatic carbocycles. The van der Waals surface area contributed by atoms with Crippen LogP contribution < -0.4 is 20.9 Å². The normalized spacial score (nSPS) is 11.3. The fourth-order valence-electron chi connectivity index (χ4n) is 2.81. The van der Waals surface area contributed by atoms with E-state index in [4.69, 9.17) is 9.47 Å². The molecular weight excluding hydrogens is 417 g/mol. The maximum atomic E-state index is 13.9. The molecule has 0 aliphatic rings. The number of anilines is 1. The number of amides is 1. The molecule has 1 amide bonds. The van der Waals surface area contributed by atoms with Crippen molar-refractivity contribution in [2.24, 2.45) is 7.05 Å². The molecule has 10 heteroatoms. The van der Waals surface area contributed by atoms with E-state index in [1.54, 1.807) is 40.1 Å². The molecule has 3 rings (SSSR count). The van der Waals surface area contributed by atoms with E-state index in [2.05, 4.69) is 20.6 Å². The molecule has 0 radical (unpaired) electrons. The fraction of sp³-hybridized carbons (Fsp3) is 0.364. The number of para-hydroxylation sites is 1. The van der Waals surface area contributed by atoms with Gasteiger partial charge in [0, 0.05) is 31.7 Å². The molecule has 0 saturated carbocycles. The zero-order valence-corrected chi connectivity index (χ0v) is 18.4. The van der Waals surface area contributed by atoms with Crippen LogP contribution in [-0.2, 0) is 11.8 Å². The third-order valence-corrected chi connectivity index (χ3v) is 4.28. The highest BCUT2D eigenvalue weighted by Crippen LogP contribution is 2.24. The molecule has 0 unspecified atom stereocenters. The Labute approximate surface area is 184 Å². The minimum Gasteiger partial charge on any atom is -0.448 e. The lowest BCUT2D eigenvalue weighted by atomic mass is 10.2. The summed E-state index contributed by atoms with van der Waals surface area (Å²) in [6.07, 6.45) is 1.70. The van der Waals surface area contributed by atoms with Gasteiger partial charge in [0.25, 0.3) is 5.56 Å². The summed E-state index contributed by atoms with van der Waals surface area (Å²) in [5.41, 5.74) is -0.593. The lowest BCUT2D eigenvalue weighted by molar-refractivity contribution is 0.0528. The molecule has 2 aromatic heterocycles. The highest BCUT2D eigenvalue weighted by atomic mass is 19.1. The highest BCUT2D eigenvalue weighted by molar-refractivity contribution is 5.76. The van der Waals surface area contributed by atoms with Crippen molar-refractivity contribution in [3.05, 3.63) is 52.7 Å². The zero-order chi connectivity index (χ0) is 23.3. The van der Waals surface area contributed by atoms with Crippen molar-refractivity contribution in [3.63, 3.8) is 0 Å². The van der Waals surface area contributed by atoms with Crippen molar-refractivity contribution >= 4 is 23.1 Å². The summed E-state index contributed by atoms with van der Waals surface area (Å²) in [6, 6.07) is 7.34. The van der Waals surface area contributed by atoms with Gasteiger partial charge in [-0.1, -0.05) is 12.1 Å². The van der Waals surface area contributed by atoms with Crippen molar-refractivity contribution in [1.29, 1.82) is 0 Å². The second-order valence-corrected chi connectivity index (χ2v) is 8.09. The third-order valence-electron chi connectivity index (χ3n) is 4.28. The second kappa shape index (κ2) is 9.63. The topological polar surface area (TPSA) is 107 Å². The van der Waals surface area contributed by atoms with E-state index in [0.717, 1.165) is 0 Å². The average Bonchev–Trinajstić information content (AvgIpc) is 2.72. The maximum Gasteiger partial charge on any atom is 0.407 e. The van der Waals surface area contributed by atoms with Crippen LogP contribution in [0.2, 0.25) is 0 Å². The van der Waals surface area contributed by atoms with Gasteiger partial charge in [-0.15, -0.1) is 0 Å². The molecule has 0 atom stereocenters. The third kappa shape index (κ3) is 5.93. The van der Waals surface area contributed by atoms with Gasteiger partial charge in [-0.05, 0) is 45.4 Å². The van der Waals surface area contributed by atoms with Crippen LogP contribution in [0.25, 0.3) is 11.0 Å². The van der Waals surface area contributed by atoms with Crippen LogP contribution >= 0.6 is 0 Å².